The molecule has 3 nitrogen and oxygen atoms in total. The van der Waals surface area contributed by atoms with E-state index in [1.807, 2.05) is 6.92 Å². The molecule has 0 spiro atoms. The van der Waals surface area contributed by atoms with E-state index in [1.54, 1.807) is 12.1 Å². The molecule has 0 radical (unpaired) electrons. The number of hydrogen-bond acceptors (Lipinski definition) is 2. The first-order valence-corrected chi connectivity index (χ1v) is 4.94. The number of aromatic nitrogens is 2. The van der Waals surface area contributed by atoms with Crippen molar-refractivity contribution in [3.8, 4) is 0 Å². The van der Waals surface area contributed by atoms with Crippen molar-refractivity contribution in [1.29, 1.82) is 0 Å². The third-order valence-electron chi connectivity index (χ3n) is 1.99. The van der Waals surface area contributed by atoms with Gasteiger partial charge < -0.3 is 10.7 Å². The van der Waals surface area contributed by atoms with Crippen molar-refractivity contribution in [2.24, 2.45) is 5.73 Å². The third-order valence-corrected chi connectivity index (χ3v) is 2.61. The number of benzene rings is 1. The molecule has 0 unspecified atom stereocenters. The lowest BCUT2D eigenvalue weighted by atomic mass is 10.3. The van der Waals surface area contributed by atoms with Crippen molar-refractivity contribution < 1.29 is 0 Å². The summed E-state index contributed by atoms with van der Waals surface area (Å²) in [7, 11) is 0. The maximum absolute atomic E-state index is 5.98. The molecule has 0 aliphatic heterocycles. The molecule has 0 amide bonds. The Kier molecular flexibility index (Phi) is 2.39. The molecule has 5 heteroatoms. The second kappa shape index (κ2) is 3.42. The van der Waals surface area contributed by atoms with Gasteiger partial charge in [-0.3, -0.25) is 0 Å². The quantitative estimate of drug-likeness (QED) is 0.791. The predicted molar refractivity (Wildman–Crippen MR) is 58.7 cm³/mol. The summed E-state index contributed by atoms with van der Waals surface area (Å²) >= 11 is 11.9. The van der Waals surface area contributed by atoms with E-state index in [0.717, 1.165) is 5.52 Å². The molecule has 0 saturated carbocycles. The number of rotatable bonds is 1. The third kappa shape index (κ3) is 1.47. The fraction of sp³-hybridized carbons (Fsp3) is 0.222. The van der Waals surface area contributed by atoms with Crippen LogP contribution in [0, 0.1) is 0 Å². The second-order valence-corrected chi connectivity index (χ2v) is 3.98. The highest BCUT2D eigenvalue weighted by atomic mass is 35.5. The van der Waals surface area contributed by atoms with Crippen molar-refractivity contribution >= 4 is 34.2 Å². The maximum atomic E-state index is 5.98. The normalized spacial score (nSPS) is 13.4. The number of aromatic amines is 1. The van der Waals surface area contributed by atoms with Crippen LogP contribution in [0.2, 0.25) is 10.0 Å². The van der Waals surface area contributed by atoms with Crippen LogP contribution in [0.3, 0.4) is 0 Å². The molecular formula is C9H9Cl2N3. The van der Waals surface area contributed by atoms with Gasteiger partial charge in [-0.25, -0.2) is 4.98 Å². The molecule has 0 aliphatic rings. The summed E-state index contributed by atoms with van der Waals surface area (Å²) in [5.74, 6) is 0.690. The Morgan fingerprint density at radius 3 is 2.57 bits per heavy atom. The standard InChI is InChI=1S/C9H9Cl2N3/c1-4(12)9-13-7-5(10)2-3-6(11)8(7)14-9/h2-4H,12H2,1H3,(H,13,14)/t4-/m0/s1. The molecule has 74 valence electrons. The monoisotopic (exact) mass is 229 g/mol. The number of nitrogens with two attached hydrogens (primary N) is 1. The Morgan fingerprint density at radius 1 is 1.36 bits per heavy atom. The minimum atomic E-state index is -0.158. The van der Waals surface area contributed by atoms with E-state index in [9.17, 15) is 0 Å². The Morgan fingerprint density at radius 2 is 2.00 bits per heavy atom. The molecule has 0 fully saturated rings. The van der Waals surface area contributed by atoms with Gasteiger partial charge in [0.15, 0.2) is 0 Å². The number of H-pyrrole nitrogens is 1. The van der Waals surface area contributed by atoms with Gasteiger partial charge in [-0.2, -0.15) is 0 Å². The molecule has 2 aromatic rings. The Labute approximate surface area is 91.2 Å². The molecule has 3 N–H and O–H groups in total. The van der Waals surface area contributed by atoms with Crippen LogP contribution in [0.4, 0.5) is 0 Å². The Hall–Kier alpha value is -0.770. The van der Waals surface area contributed by atoms with Gasteiger partial charge in [0.05, 0.1) is 21.6 Å². The lowest BCUT2D eigenvalue weighted by Crippen LogP contribution is -2.06. The Balaban J connectivity index is 2.75. The summed E-state index contributed by atoms with van der Waals surface area (Å²) < 4.78 is 0. The highest BCUT2D eigenvalue weighted by Crippen LogP contribution is 2.28. The van der Waals surface area contributed by atoms with E-state index in [4.69, 9.17) is 28.9 Å². The lowest BCUT2D eigenvalue weighted by molar-refractivity contribution is 0.760. The van der Waals surface area contributed by atoms with Crippen molar-refractivity contribution in [2.45, 2.75) is 13.0 Å². The highest BCUT2D eigenvalue weighted by Gasteiger charge is 2.11. The van der Waals surface area contributed by atoms with Crippen molar-refractivity contribution in [3.05, 3.63) is 28.0 Å². The van der Waals surface area contributed by atoms with Crippen LogP contribution in [0.5, 0.6) is 0 Å². The molecule has 1 aromatic heterocycles. The van der Waals surface area contributed by atoms with Crippen LogP contribution in [0.25, 0.3) is 11.0 Å². The van der Waals surface area contributed by atoms with E-state index in [2.05, 4.69) is 9.97 Å². The van der Waals surface area contributed by atoms with E-state index in [1.165, 1.54) is 0 Å². The maximum Gasteiger partial charge on any atom is 0.124 e. The molecular weight excluding hydrogens is 221 g/mol. The van der Waals surface area contributed by atoms with Gasteiger partial charge >= 0.3 is 0 Å². The molecule has 1 atom stereocenters. The second-order valence-electron chi connectivity index (χ2n) is 3.16. The summed E-state index contributed by atoms with van der Waals surface area (Å²) in [6.07, 6.45) is 0. The van der Waals surface area contributed by atoms with Gasteiger partial charge in [-0.05, 0) is 19.1 Å². The van der Waals surface area contributed by atoms with E-state index in [0.29, 0.717) is 21.4 Å². The Bertz CT molecular complexity index is 437. The van der Waals surface area contributed by atoms with Crippen LogP contribution in [-0.2, 0) is 0 Å². The molecule has 2 rings (SSSR count). The summed E-state index contributed by atoms with van der Waals surface area (Å²) in [4.78, 5) is 7.33. The van der Waals surface area contributed by atoms with Crippen LogP contribution in [0.15, 0.2) is 12.1 Å². The van der Waals surface area contributed by atoms with Gasteiger partial charge in [-0.1, -0.05) is 23.2 Å². The molecule has 0 aliphatic carbocycles. The van der Waals surface area contributed by atoms with Crippen LogP contribution >= 0.6 is 23.2 Å². The lowest BCUT2D eigenvalue weighted by Gasteiger charge is -1.96. The zero-order chi connectivity index (χ0) is 10.3. The SMILES string of the molecule is C[C@H](N)c1nc2c(Cl)ccc(Cl)c2[nH]1. The number of fused-ring (bicyclic) bond motifs is 1. The largest absolute Gasteiger partial charge is 0.339 e. The van der Waals surface area contributed by atoms with Crippen molar-refractivity contribution in [1.82, 2.24) is 9.97 Å². The summed E-state index contributed by atoms with van der Waals surface area (Å²) in [5.41, 5.74) is 7.11. The van der Waals surface area contributed by atoms with Gasteiger partial charge in [0.25, 0.3) is 0 Å². The first-order valence-electron chi connectivity index (χ1n) is 4.19. The first kappa shape index (κ1) is 9.77. The van der Waals surface area contributed by atoms with Gasteiger partial charge in [-0.15, -0.1) is 0 Å². The average Bonchev–Trinajstić information content (AvgIpc) is 2.57. The number of halogens is 2. The molecule has 0 saturated heterocycles. The fourth-order valence-electron chi connectivity index (χ4n) is 1.26. The summed E-state index contributed by atoms with van der Waals surface area (Å²) in [5, 5.41) is 1.18. The van der Waals surface area contributed by atoms with Crippen LogP contribution in [0.1, 0.15) is 18.8 Å². The first-order chi connectivity index (χ1) is 6.59. The van der Waals surface area contributed by atoms with E-state index in [-0.39, 0.29) is 6.04 Å². The fourth-order valence-corrected chi connectivity index (χ4v) is 1.66. The molecule has 14 heavy (non-hydrogen) atoms. The number of hydrogen-bond donors (Lipinski definition) is 2. The number of nitrogens with zero attached hydrogens (tertiary/aromatic N) is 1. The highest BCUT2D eigenvalue weighted by molar-refractivity contribution is 6.39. The average molecular weight is 230 g/mol. The zero-order valence-electron chi connectivity index (χ0n) is 7.51. The summed E-state index contributed by atoms with van der Waals surface area (Å²) in [6, 6.07) is 3.29. The zero-order valence-corrected chi connectivity index (χ0v) is 9.02. The van der Waals surface area contributed by atoms with Gasteiger partial charge in [0, 0.05) is 0 Å². The molecule has 1 aromatic carbocycles. The topological polar surface area (TPSA) is 54.7 Å². The predicted octanol–water partition coefficient (Wildman–Crippen LogP) is 2.89. The molecule has 0 bridgehead atoms. The minimum Gasteiger partial charge on any atom is -0.339 e. The number of nitrogens with one attached hydrogen (secondary N) is 1. The molecule has 1 heterocycles. The van der Waals surface area contributed by atoms with Gasteiger partial charge in [0.1, 0.15) is 11.3 Å². The number of imidazole rings is 1. The summed E-state index contributed by atoms with van der Waals surface area (Å²) in [6.45, 7) is 1.85. The van der Waals surface area contributed by atoms with E-state index < -0.39 is 0 Å². The van der Waals surface area contributed by atoms with E-state index >= 15 is 0 Å². The van der Waals surface area contributed by atoms with Crippen molar-refractivity contribution in [2.75, 3.05) is 0 Å². The smallest absolute Gasteiger partial charge is 0.124 e. The van der Waals surface area contributed by atoms with Crippen LogP contribution in [-0.4, -0.2) is 9.97 Å². The minimum absolute atomic E-state index is 0.158. The van der Waals surface area contributed by atoms with Crippen LogP contribution < -0.4 is 5.73 Å². The van der Waals surface area contributed by atoms with Crippen molar-refractivity contribution in [3.63, 3.8) is 0 Å². The van der Waals surface area contributed by atoms with Gasteiger partial charge in [0.2, 0.25) is 0 Å².